The Morgan fingerprint density at radius 1 is 1.44 bits per heavy atom. The Kier molecular flexibility index (Phi) is 4.88. The number of nitrogen functional groups attached to an aromatic ring is 1. The van der Waals surface area contributed by atoms with Crippen LogP contribution in [0.5, 0.6) is 0 Å². The predicted molar refractivity (Wildman–Crippen MR) is 104 cm³/mol. The van der Waals surface area contributed by atoms with Crippen LogP contribution in [0.3, 0.4) is 0 Å². The summed E-state index contributed by atoms with van der Waals surface area (Å²) in [5.41, 5.74) is 7.00. The van der Waals surface area contributed by atoms with Crippen molar-refractivity contribution in [3.05, 3.63) is 10.6 Å². The first-order valence-corrected chi connectivity index (χ1v) is 10.6. The van der Waals surface area contributed by atoms with E-state index in [2.05, 4.69) is 16.6 Å². The van der Waals surface area contributed by atoms with E-state index in [0.29, 0.717) is 35.3 Å². The van der Waals surface area contributed by atoms with Crippen molar-refractivity contribution in [2.45, 2.75) is 57.6 Å². The van der Waals surface area contributed by atoms with Crippen LogP contribution in [0.2, 0.25) is 0 Å². The second kappa shape index (κ2) is 7.05. The van der Waals surface area contributed by atoms with Crippen LogP contribution < -0.4 is 11.1 Å². The molecule has 0 aromatic carbocycles. The first-order valence-electron chi connectivity index (χ1n) is 9.81. The normalized spacial score (nSPS) is 28.7. The average molecular weight is 393 g/mol. The molecule has 1 saturated heterocycles. The van der Waals surface area contributed by atoms with E-state index in [-0.39, 0.29) is 29.9 Å². The van der Waals surface area contributed by atoms with Crippen LogP contribution in [-0.2, 0) is 9.53 Å². The average Bonchev–Trinajstić information content (AvgIpc) is 3.23. The summed E-state index contributed by atoms with van der Waals surface area (Å²) in [6.45, 7) is 5.69. The maximum atomic E-state index is 13.2. The largest absolute Gasteiger partial charge is 0.396 e. The zero-order chi connectivity index (χ0) is 19.2. The first kappa shape index (κ1) is 18.7. The van der Waals surface area contributed by atoms with Gasteiger partial charge < -0.3 is 20.7 Å². The highest BCUT2D eigenvalue weighted by atomic mass is 32.1. The second-order valence-electron chi connectivity index (χ2n) is 8.42. The minimum Gasteiger partial charge on any atom is -0.396 e. The van der Waals surface area contributed by atoms with Crippen molar-refractivity contribution in [3.63, 3.8) is 0 Å². The Morgan fingerprint density at radius 2 is 2.19 bits per heavy atom. The van der Waals surface area contributed by atoms with Crippen molar-refractivity contribution >= 4 is 29.0 Å². The van der Waals surface area contributed by atoms with Gasteiger partial charge in [0.25, 0.3) is 5.91 Å². The second-order valence-corrected chi connectivity index (χ2v) is 9.19. The van der Waals surface area contributed by atoms with Gasteiger partial charge in [-0.3, -0.25) is 9.59 Å². The number of rotatable bonds is 5. The molecule has 3 fully saturated rings. The van der Waals surface area contributed by atoms with Gasteiger partial charge in [-0.2, -0.15) is 4.37 Å². The number of hydrogen-bond acceptors (Lipinski definition) is 6. The zero-order valence-electron chi connectivity index (χ0n) is 16.0. The topological polar surface area (TPSA) is 97.5 Å². The minimum absolute atomic E-state index is 0.00390. The molecule has 3 aliphatic rings. The smallest absolute Gasteiger partial charge is 0.268 e. The Bertz CT molecular complexity index is 745. The summed E-state index contributed by atoms with van der Waals surface area (Å²) in [7, 11) is 0. The van der Waals surface area contributed by atoms with Crippen LogP contribution in [0, 0.1) is 18.8 Å². The highest BCUT2D eigenvalue weighted by Gasteiger charge is 2.50. The number of nitrogens with two attached hydrogens (primary N) is 1. The summed E-state index contributed by atoms with van der Waals surface area (Å²) in [4.78, 5) is 27.9. The third-order valence-electron chi connectivity index (χ3n) is 6.43. The SMILES string of the molecule is Cc1nsc(C(=O)N2CC(CC(=O)NC[C@@H]3C[C@H]3C)OCC23CCC3)c1N. The van der Waals surface area contributed by atoms with Gasteiger partial charge in [0.05, 0.1) is 36.1 Å². The molecule has 1 spiro atoms. The van der Waals surface area contributed by atoms with Crippen LogP contribution in [0.15, 0.2) is 0 Å². The van der Waals surface area contributed by atoms with Crippen LogP contribution in [0.1, 0.15) is 54.4 Å². The fraction of sp³-hybridized carbons (Fsp3) is 0.737. The van der Waals surface area contributed by atoms with E-state index in [9.17, 15) is 9.59 Å². The molecule has 2 aliphatic carbocycles. The van der Waals surface area contributed by atoms with E-state index in [1.54, 1.807) is 0 Å². The summed E-state index contributed by atoms with van der Waals surface area (Å²) in [6.07, 6.45) is 4.18. The molecule has 7 nitrogen and oxygen atoms in total. The number of nitrogens with zero attached hydrogens (tertiary/aromatic N) is 2. The molecule has 8 heteroatoms. The lowest BCUT2D eigenvalue weighted by Crippen LogP contribution is -2.65. The predicted octanol–water partition coefficient (Wildman–Crippen LogP) is 1.96. The molecule has 3 N–H and O–H groups in total. The van der Waals surface area contributed by atoms with Gasteiger partial charge in [0.15, 0.2) is 0 Å². The van der Waals surface area contributed by atoms with E-state index in [0.717, 1.165) is 43.3 Å². The van der Waals surface area contributed by atoms with Crippen LogP contribution in [0.4, 0.5) is 5.69 Å². The molecule has 0 radical (unpaired) electrons. The molecule has 1 aliphatic heterocycles. The lowest BCUT2D eigenvalue weighted by atomic mass is 9.74. The molecule has 1 aromatic rings. The molecular weight excluding hydrogens is 364 g/mol. The fourth-order valence-corrected chi connectivity index (χ4v) is 4.84. The molecule has 4 rings (SSSR count). The molecule has 2 amide bonds. The monoisotopic (exact) mass is 392 g/mol. The van der Waals surface area contributed by atoms with Gasteiger partial charge in [-0.25, -0.2) is 0 Å². The highest BCUT2D eigenvalue weighted by Crippen LogP contribution is 2.42. The van der Waals surface area contributed by atoms with Crippen molar-refractivity contribution < 1.29 is 14.3 Å². The summed E-state index contributed by atoms with van der Waals surface area (Å²) in [6, 6.07) is 0. The number of ether oxygens (including phenoxy) is 1. The maximum absolute atomic E-state index is 13.2. The third kappa shape index (κ3) is 3.57. The standard InChI is InChI=1S/C19H28N4O3S/c1-11-6-13(11)8-21-15(24)7-14-9-23(19(10-26-14)4-3-5-19)18(25)17-16(20)12(2)22-27-17/h11,13-14H,3-10,20H2,1-2H3,(H,21,24)/t11-,13+,14?/m1/s1. The van der Waals surface area contributed by atoms with E-state index in [1.807, 2.05) is 11.8 Å². The van der Waals surface area contributed by atoms with Gasteiger partial charge in [0.1, 0.15) is 4.88 Å². The van der Waals surface area contributed by atoms with E-state index in [4.69, 9.17) is 10.5 Å². The van der Waals surface area contributed by atoms with Gasteiger partial charge in [0, 0.05) is 13.1 Å². The summed E-state index contributed by atoms with van der Waals surface area (Å²) in [5.74, 6) is 1.27. The number of anilines is 1. The summed E-state index contributed by atoms with van der Waals surface area (Å²) < 4.78 is 10.2. The number of carbonyl (C=O) groups is 2. The van der Waals surface area contributed by atoms with Gasteiger partial charge in [-0.1, -0.05) is 6.92 Å². The molecule has 148 valence electrons. The molecule has 2 heterocycles. The van der Waals surface area contributed by atoms with Crippen molar-refractivity contribution in [1.29, 1.82) is 0 Å². The molecule has 0 bridgehead atoms. The third-order valence-corrected chi connectivity index (χ3v) is 7.37. The van der Waals surface area contributed by atoms with Gasteiger partial charge >= 0.3 is 0 Å². The summed E-state index contributed by atoms with van der Waals surface area (Å²) >= 11 is 1.16. The molecule has 27 heavy (non-hydrogen) atoms. The van der Waals surface area contributed by atoms with Crippen molar-refractivity contribution in [1.82, 2.24) is 14.6 Å². The van der Waals surface area contributed by atoms with Crippen LogP contribution in [0.25, 0.3) is 0 Å². The number of nitrogens with one attached hydrogen (secondary N) is 1. The van der Waals surface area contributed by atoms with Gasteiger partial charge in [-0.15, -0.1) is 0 Å². The van der Waals surface area contributed by atoms with Crippen LogP contribution >= 0.6 is 11.5 Å². The van der Waals surface area contributed by atoms with Gasteiger partial charge in [-0.05, 0) is 56.0 Å². The highest BCUT2D eigenvalue weighted by molar-refractivity contribution is 7.08. The fourth-order valence-electron chi connectivity index (χ4n) is 4.08. The van der Waals surface area contributed by atoms with E-state index in [1.165, 1.54) is 6.42 Å². The lowest BCUT2D eigenvalue weighted by Gasteiger charge is -2.54. The van der Waals surface area contributed by atoms with Crippen LogP contribution in [-0.4, -0.2) is 52.4 Å². The van der Waals surface area contributed by atoms with Crippen molar-refractivity contribution in [2.24, 2.45) is 11.8 Å². The molecule has 1 unspecified atom stereocenters. The first-order chi connectivity index (χ1) is 12.9. The lowest BCUT2D eigenvalue weighted by molar-refractivity contribution is -0.140. The molecule has 3 atom stereocenters. The maximum Gasteiger partial charge on any atom is 0.268 e. The summed E-state index contributed by atoms with van der Waals surface area (Å²) in [5, 5.41) is 3.01. The number of aromatic nitrogens is 1. The number of hydrogen-bond donors (Lipinski definition) is 2. The van der Waals surface area contributed by atoms with Gasteiger partial charge in [0.2, 0.25) is 5.91 Å². The molecule has 2 saturated carbocycles. The van der Waals surface area contributed by atoms with E-state index >= 15 is 0 Å². The Morgan fingerprint density at radius 3 is 2.74 bits per heavy atom. The molecule has 1 aromatic heterocycles. The number of carbonyl (C=O) groups excluding carboxylic acids is 2. The molecular formula is C19H28N4O3S. The minimum atomic E-state index is -0.271. The number of aryl methyl sites for hydroxylation is 1. The number of morpholine rings is 1. The quantitative estimate of drug-likeness (QED) is 0.798. The Balaban J connectivity index is 1.41. The zero-order valence-corrected chi connectivity index (χ0v) is 16.8. The van der Waals surface area contributed by atoms with Crippen molar-refractivity contribution in [3.8, 4) is 0 Å². The Labute approximate surface area is 163 Å². The van der Waals surface area contributed by atoms with Crippen molar-refractivity contribution in [2.75, 3.05) is 25.4 Å². The number of amides is 2. The van der Waals surface area contributed by atoms with E-state index < -0.39 is 0 Å². The Hall–Kier alpha value is -1.67.